The molecule has 1 heterocycles. The van der Waals surface area contributed by atoms with E-state index < -0.39 is 75.8 Å². The first-order chi connectivity index (χ1) is 13.6. The standard InChI is InChI=1S/C15H16F6O8S/c1-27-13-12(24)11(23)10(22)9(29-13)5-28-30(25,26)8-3-6(14(16,17)18)2-7(4-8)15(19,20)21/h2-4,9-13,22-24H,5H2,1H3/t9-,10-,11+,12-,13-/m1/s1. The van der Waals surface area contributed by atoms with Gasteiger partial charge in [-0.3, -0.25) is 4.18 Å². The molecule has 8 nitrogen and oxygen atoms in total. The SMILES string of the molecule is CO[C@@H]1O[C@H](COS(=O)(=O)c2cc(C(F)(F)F)cc(C(F)(F)F)c2)[C@@H](O)[C@H](O)[C@H]1O. The van der Waals surface area contributed by atoms with E-state index >= 15 is 0 Å². The van der Waals surface area contributed by atoms with Crippen LogP contribution in [0.3, 0.4) is 0 Å². The van der Waals surface area contributed by atoms with Crippen LogP contribution in [0.4, 0.5) is 26.3 Å². The van der Waals surface area contributed by atoms with Crippen LogP contribution in [-0.4, -0.2) is 68.2 Å². The number of methoxy groups -OCH3 is 1. The molecule has 0 radical (unpaired) electrons. The zero-order chi connectivity index (χ0) is 23.1. The van der Waals surface area contributed by atoms with Crippen molar-refractivity contribution in [3.05, 3.63) is 29.3 Å². The average molecular weight is 470 g/mol. The highest BCUT2D eigenvalue weighted by Gasteiger charge is 2.45. The molecule has 1 aromatic carbocycles. The maximum atomic E-state index is 12.9. The predicted molar refractivity (Wildman–Crippen MR) is 83.3 cm³/mol. The molecule has 1 saturated heterocycles. The van der Waals surface area contributed by atoms with E-state index in [1.165, 1.54) is 0 Å². The van der Waals surface area contributed by atoms with E-state index in [0.29, 0.717) is 0 Å². The second kappa shape index (κ2) is 8.57. The van der Waals surface area contributed by atoms with Gasteiger partial charge in [-0.05, 0) is 18.2 Å². The fourth-order valence-electron chi connectivity index (χ4n) is 2.54. The summed E-state index contributed by atoms with van der Waals surface area (Å²) in [7, 11) is -4.13. The molecule has 15 heteroatoms. The molecule has 0 amide bonds. The van der Waals surface area contributed by atoms with E-state index in [2.05, 4.69) is 8.92 Å². The maximum Gasteiger partial charge on any atom is 0.416 e. The Balaban J connectivity index is 2.31. The molecule has 1 aromatic rings. The van der Waals surface area contributed by atoms with Gasteiger partial charge in [0, 0.05) is 7.11 Å². The molecular formula is C15H16F6O8S. The van der Waals surface area contributed by atoms with E-state index in [1.807, 2.05) is 0 Å². The number of benzene rings is 1. The van der Waals surface area contributed by atoms with E-state index in [0.717, 1.165) is 7.11 Å². The second-order valence-electron chi connectivity index (χ2n) is 6.23. The lowest BCUT2D eigenvalue weighted by molar-refractivity contribution is -0.293. The highest BCUT2D eigenvalue weighted by Crippen LogP contribution is 2.37. The molecule has 0 aliphatic carbocycles. The maximum absolute atomic E-state index is 12.9. The van der Waals surface area contributed by atoms with Gasteiger partial charge >= 0.3 is 12.4 Å². The molecule has 0 bridgehead atoms. The Morgan fingerprint density at radius 3 is 1.87 bits per heavy atom. The topological polar surface area (TPSA) is 123 Å². The number of halogens is 6. The van der Waals surface area contributed by atoms with Crippen molar-refractivity contribution in [2.75, 3.05) is 13.7 Å². The van der Waals surface area contributed by atoms with Crippen LogP contribution in [0, 0.1) is 0 Å². The Morgan fingerprint density at radius 2 is 1.43 bits per heavy atom. The first-order valence-corrected chi connectivity index (χ1v) is 9.40. The number of aliphatic hydroxyl groups is 3. The summed E-state index contributed by atoms with van der Waals surface area (Å²) in [6.45, 7) is -1.11. The molecular weight excluding hydrogens is 454 g/mol. The van der Waals surface area contributed by atoms with Crippen LogP contribution in [0.15, 0.2) is 23.1 Å². The lowest BCUT2D eigenvalue weighted by Gasteiger charge is -2.39. The van der Waals surface area contributed by atoms with Crippen molar-refractivity contribution >= 4 is 10.1 Å². The normalized spacial score (nSPS) is 28.5. The molecule has 30 heavy (non-hydrogen) atoms. The molecule has 172 valence electrons. The van der Waals surface area contributed by atoms with E-state index in [1.54, 1.807) is 0 Å². The van der Waals surface area contributed by atoms with Crippen molar-refractivity contribution in [2.45, 2.75) is 48.0 Å². The van der Waals surface area contributed by atoms with Crippen molar-refractivity contribution < 1.29 is 63.7 Å². The van der Waals surface area contributed by atoms with Crippen LogP contribution in [0.25, 0.3) is 0 Å². The fraction of sp³-hybridized carbons (Fsp3) is 0.600. The summed E-state index contributed by atoms with van der Waals surface area (Å²) in [4.78, 5) is -1.43. The Labute approximate surface area is 165 Å². The fourth-order valence-corrected chi connectivity index (χ4v) is 3.54. The highest BCUT2D eigenvalue weighted by atomic mass is 32.2. The summed E-state index contributed by atoms with van der Waals surface area (Å²) in [6.07, 6.45) is -19.2. The van der Waals surface area contributed by atoms with Gasteiger partial charge in [0.1, 0.15) is 24.4 Å². The summed E-state index contributed by atoms with van der Waals surface area (Å²) < 4.78 is 116. The molecule has 1 fully saturated rings. The van der Waals surface area contributed by atoms with Crippen LogP contribution >= 0.6 is 0 Å². The van der Waals surface area contributed by atoms with Gasteiger partial charge in [0.15, 0.2) is 6.29 Å². The molecule has 0 spiro atoms. The van der Waals surface area contributed by atoms with E-state index in [9.17, 15) is 50.1 Å². The van der Waals surface area contributed by atoms with E-state index in [4.69, 9.17) is 4.74 Å². The second-order valence-corrected chi connectivity index (χ2v) is 7.85. The van der Waals surface area contributed by atoms with Gasteiger partial charge in [0.2, 0.25) is 0 Å². The zero-order valence-electron chi connectivity index (χ0n) is 14.9. The van der Waals surface area contributed by atoms with Gasteiger partial charge < -0.3 is 24.8 Å². The largest absolute Gasteiger partial charge is 0.416 e. The van der Waals surface area contributed by atoms with Crippen molar-refractivity contribution in [3.63, 3.8) is 0 Å². The van der Waals surface area contributed by atoms with Gasteiger partial charge in [-0.2, -0.15) is 34.8 Å². The third-order valence-electron chi connectivity index (χ3n) is 4.14. The van der Waals surface area contributed by atoms with Crippen LogP contribution in [-0.2, 0) is 36.1 Å². The summed E-state index contributed by atoms with van der Waals surface area (Å²) >= 11 is 0. The number of alkyl halides is 6. The van der Waals surface area contributed by atoms with Crippen molar-refractivity contribution in [2.24, 2.45) is 0 Å². The molecule has 3 N–H and O–H groups in total. The Kier molecular flexibility index (Phi) is 7.07. The lowest BCUT2D eigenvalue weighted by Crippen LogP contribution is -2.59. The van der Waals surface area contributed by atoms with Gasteiger partial charge in [-0.15, -0.1) is 0 Å². The first-order valence-electron chi connectivity index (χ1n) is 7.99. The number of aliphatic hydroxyl groups excluding tert-OH is 3. The highest BCUT2D eigenvalue weighted by molar-refractivity contribution is 7.86. The monoisotopic (exact) mass is 470 g/mol. The number of hydrogen-bond acceptors (Lipinski definition) is 8. The minimum atomic E-state index is -5.28. The zero-order valence-corrected chi connectivity index (χ0v) is 15.7. The van der Waals surface area contributed by atoms with Gasteiger partial charge in [-0.25, -0.2) is 0 Å². The molecule has 0 unspecified atom stereocenters. The minimum Gasteiger partial charge on any atom is -0.387 e. The van der Waals surface area contributed by atoms with E-state index in [-0.39, 0.29) is 18.2 Å². The smallest absolute Gasteiger partial charge is 0.387 e. The average Bonchev–Trinajstić information content (AvgIpc) is 2.64. The summed E-state index contributed by atoms with van der Waals surface area (Å²) in [6, 6.07) is -0.341. The van der Waals surface area contributed by atoms with Gasteiger partial charge in [-0.1, -0.05) is 0 Å². The third-order valence-corrected chi connectivity index (χ3v) is 5.40. The molecule has 2 rings (SSSR count). The van der Waals surface area contributed by atoms with Crippen LogP contribution in [0.2, 0.25) is 0 Å². The first kappa shape index (κ1) is 24.8. The van der Waals surface area contributed by atoms with Crippen LogP contribution < -0.4 is 0 Å². The molecule has 1 aliphatic rings. The minimum absolute atomic E-state index is 0.0424. The van der Waals surface area contributed by atoms with Crippen molar-refractivity contribution in [3.8, 4) is 0 Å². The third kappa shape index (κ3) is 5.40. The summed E-state index contributed by atoms with van der Waals surface area (Å²) in [5.74, 6) is 0. The summed E-state index contributed by atoms with van der Waals surface area (Å²) in [5.41, 5.74) is -3.74. The predicted octanol–water partition coefficient (Wildman–Crippen LogP) is 0.884. The number of rotatable bonds is 5. The van der Waals surface area contributed by atoms with Crippen molar-refractivity contribution in [1.29, 1.82) is 0 Å². The van der Waals surface area contributed by atoms with Gasteiger partial charge in [0.25, 0.3) is 10.1 Å². The quantitative estimate of drug-likeness (QED) is 0.429. The van der Waals surface area contributed by atoms with Crippen molar-refractivity contribution in [1.82, 2.24) is 0 Å². The molecule has 5 atom stereocenters. The number of hydrogen-bond donors (Lipinski definition) is 3. The Morgan fingerprint density at radius 1 is 0.933 bits per heavy atom. The Hall–Kier alpha value is -1.49. The Bertz CT molecular complexity index is 821. The van der Waals surface area contributed by atoms with Crippen LogP contribution in [0.5, 0.6) is 0 Å². The van der Waals surface area contributed by atoms with Gasteiger partial charge in [0.05, 0.1) is 22.6 Å². The lowest BCUT2D eigenvalue weighted by atomic mass is 9.99. The number of ether oxygens (including phenoxy) is 2. The molecule has 0 saturated carbocycles. The molecule has 0 aromatic heterocycles. The summed E-state index contributed by atoms with van der Waals surface area (Å²) in [5, 5.41) is 29.1. The van der Waals surface area contributed by atoms with Crippen LogP contribution in [0.1, 0.15) is 11.1 Å². The molecule has 1 aliphatic heterocycles.